The third-order valence-electron chi connectivity index (χ3n) is 2.22. The topological polar surface area (TPSA) is 34.8 Å². The predicted octanol–water partition coefficient (Wildman–Crippen LogP) is 0.834. The van der Waals surface area contributed by atoms with Crippen LogP contribution in [0.25, 0.3) is 0 Å². The fraction of sp³-hybridized carbons (Fsp3) is 0.700. The number of nitrogens with zero attached hydrogens (tertiary/aromatic N) is 2. The van der Waals surface area contributed by atoms with Crippen molar-refractivity contribution in [3.05, 3.63) is 18.7 Å². The summed E-state index contributed by atoms with van der Waals surface area (Å²) < 4.78 is 4.38. The number of thiol groups is 1. The Labute approximate surface area is 91.3 Å². The van der Waals surface area contributed by atoms with Gasteiger partial charge in [-0.2, -0.15) is 12.6 Å². The minimum Gasteiger partial charge on any atom is -0.330 e. The van der Waals surface area contributed by atoms with E-state index in [1.165, 1.54) is 12.8 Å². The molecule has 80 valence electrons. The Morgan fingerprint density at radius 1 is 1.29 bits per heavy atom. The fourth-order valence-electron chi connectivity index (χ4n) is 1.43. The van der Waals surface area contributed by atoms with Gasteiger partial charge in [-0.3, -0.25) is 0 Å². The molecule has 1 aromatic heterocycles. The molecule has 0 atom stereocenters. The molecule has 3 nitrogen and oxygen atoms in total. The number of nitrogens with two attached hydrogens (primary N) is 1. The smallest absolute Gasteiger partial charge is 0.243 e. The molecule has 0 saturated carbocycles. The Morgan fingerprint density at radius 2 is 2.14 bits per heavy atom. The maximum absolute atomic E-state index is 5.43. The number of hydrogen-bond acceptors (Lipinski definition) is 2. The summed E-state index contributed by atoms with van der Waals surface area (Å²) in [4.78, 5) is 0. The maximum Gasteiger partial charge on any atom is 0.243 e. The lowest BCUT2D eigenvalue weighted by molar-refractivity contribution is -0.696. The minimum atomic E-state index is 0.811. The normalized spacial score (nSPS) is 10.7. The predicted molar refractivity (Wildman–Crippen MR) is 61.4 cm³/mol. The summed E-state index contributed by atoms with van der Waals surface area (Å²) >= 11 is 4.20. The second kappa shape index (κ2) is 6.90. The first-order valence-electron chi connectivity index (χ1n) is 5.22. The number of aryl methyl sites for hydroxylation is 2. The van der Waals surface area contributed by atoms with Crippen LogP contribution in [0.1, 0.15) is 19.3 Å². The first-order valence-corrected chi connectivity index (χ1v) is 5.86. The summed E-state index contributed by atoms with van der Waals surface area (Å²) in [6, 6.07) is 0. The fourth-order valence-corrected chi connectivity index (χ4v) is 1.67. The van der Waals surface area contributed by atoms with Crippen LogP contribution in [0.3, 0.4) is 0 Å². The van der Waals surface area contributed by atoms with Crippen molar-refractivity contribution in [2.24, 2.45) is 5.73 Å². The summed E-state index contributed by atoms with van der Waals surface area (Å²) in [6.45, 7) is 2.89. The molecule has 0 amide bonds. The van der Waals surface area contributed by atoms with E-state index < -0.39 is 0 Å². The average molecular weight is 214 g/mol. The van der Waals surface area contributed by atoms with Crippen LogP contribution >= 0.6 is 12.6 Å². The molecule has 0 radical (unpaired) electrons. The van der Waals surface area contributed by atoms with Crippen molar-refractivity contribution in [1.29, 1.82) is 0 Å². The van der Waals surface area contributed by atoms with Crippen molar-refractivity contribution in [3.63, 3.8) is 0 Å². The molecule has 1 aromatic rings. The summed E-state index contributed by atoms with van der Waals surface area (Å²) in [5, 5.41) is 0. The molecule has 0 aliphatic heterocycles. The van der Waals surface area contributed by atoms with Gasteiger partial charge in [-0.25, -0.2) is 9.13 Å². The molecule has 1 heterocycles. The largest absolute Gasteiger partial charge is 0.330 e. The molecule has 0 aliphatic carbocycles. The van der Waals surface area contributed by atoms with Crippen molar-refractivity contribution in [2.75, 3.05) is 12.3 Å². The van der Waals surface area contributed by atoms with Gasteiger partial charge < -0.3 is 5.73 Å². The van der Waals surface area contributed by atoms with Crippen LogP contribution in [0.5, 0.6) is 0 Å². The molecule has 0 fully saturated rings. The number of imidazole rings is 1. The van der Waals surface area contributed by atoms with Gasteiger partial charge in [-0.1, -0.05) is 0 Å². The molecule has 0 bridgehead atoms. The lowest BCUT2D eigenvalue weighted by Crippen LogP contribution is -2.31. The molecule has 0 aliphatic rings. The number of rotatable bonds is 7. The Morgan fingerprint density at radius 3 is 2.86 bits per heavy atom. The van der Waals surface area contributed by atoms with Gasteiger partial charge in [0.15, 0.2) is 0 Å². The van der Waals surface area contributed by atoms with Gasteiger partial charge in [0, 0.05) is 5.75 Å². The zero-order valence-electron chi connectivity index (χ0n) is 8.60. The van der Waals surface area contributed by atoms with Crippen LogP contribution < -0.4 is 10.3 Å². The molecule has 0 unspecified atom stereocenters. The van der Waals surface area contributed by atoms with E-state index in [-0.39, 0.29) is 0 Å². The lowest BCUT2D eigenvalue weighted by atomic mass is 10.2. The second-order valence-corrected chi connectivity index (χ2v) is 3.91. The van der Waals surface area contributed by atoms with E-state index in [4.69, 9.17) is 5.73 Å². The Hall–Kier alpha value is -0.480. The first-order chi connectivity index (χ1) is 6.86. The van der Waals surface area contributed by atoms with Crippen LogP contribution in [0.4, 0.5) is 0 Å². The summed E-state index contributed by atoms with van der Waals surface area (Å²) in [7, 11) is 0. The molecule has 1 rings (SSSR count). The van der Waals surface area contributed by atoms with Gasteiger partial charge in [0.25, 0.3) is 0 Å². The van der Waals surface area contributed by atoms with E-state index in [2.05, 4.69) is 40.5 Å². The van der Waals surface area contributed by atoms with Crippen LogP contribution in [0, 0.1) is 0 Å². The van der Waals surface area contributed by atoms with E-state index in [0.29, 0.717) is 0 Å². The highest BCUT2D eigenvalue weighted by Crippen LogP contribution is 1.93. The van der Waals surface area contributed by atoms with Crippen molar-refractivity contribution in [3.8, 4) is 0 Å². The van der Waals surface area contributed by atoms with Gasteiger partial charge in [0.1, 0.15) is 12.4 Å². The molecular formula is C10H20N3S+. The van der Waals surface area contributed by atoms with Gasteiger partial charge in [0.05, 0.1) is 13.1 Å². The zero-order chi connectivity index (χ0) is 10.2. The second-order valence-electron chi connectivity index (χ2n) is 3.46. The lowest BCUT2D eigenvalue weighted by Gasteiger charge is -1.96. The standard InChI is InChI=1S/C10H19N3S/c11-4-2-1-3-5-12-6-7-13(10-12)8-9-14/h6-7,10H,1-5,8-9,11H2/p+1. The monoisotopic (exact) mass is 214 g/mol. The van der Waals surface area contributed by atoms with Crippen molar-refractivity contribution < 1.29 is 4.57 Å². The summed E-state index contributed by atoms with van der Waals surface area (Å²) in [6.07, 6.45) is 9.93. The van der Waals surface area contributed by atoms with E-state index >= 15 is 0 Å². The molecule has 2 N–H and O–H groups in total. The Balaban J connectivity index is 2.22. The SMILES string of the molecule is NCCCCC[n+]1ccn(CCS)c1. The third-order valence-corrected chi connectivity index (χ3v) is 2.42. The number of hydrogen-bond donors (Lipinski definition) is 2. The molecule has 0 aromatic carbocycles. The molecular weight excluding hydrogens is 194 g/mol. The van der Waals surface area contributed by atoms with Crippen molar-refractivity contribution in [1.82, 2.24) is 4.57 Å². The summed E-state index contributed by atoms with van der Waals surface area (Å²) in [5.74, 6) is 0.891. The third kappa shape index (κ3) is 4.15. The van der Waals surface area contributed by atoms with E-state index in [0.717, 1.165) is 31.8 Å². The maximum atomic E-state index is 5.43. The average Bonchev–Trinajstić information content (AvgIpc) is 2.61. The Kier molecular flexibility index (Phi) is 5.71. The summed E-state index contributed by atoms with van der Waals surface area (Å²) in [5.41, 5.74) is 5.43. The van der Waals surface area contributed by atoms with E-state index in [9.17, 15) is 0 Å². The van der Waals surface area contributed by atoms with Crippen LogP contribution in [-0.4, -0.2) is 16.9 Å². The van der Waals surface area contributed by atoms with E-state index in [1.54, 1.807) is 0 Å². The van der Waals surface area contributed by atoms with Crippen molar-refractivity contribution in [2.45, 2.75) is 32.4 Å². The highest BCUT2D eigenvalue weighted by atomic mass is 32.1. The van der Waals surface area contributed by atoms with Gasteiger partial charge in [-0.05, 0) is 25.8 Å². The molecule has 14 heavy (non-hydrogen) atoms. The van der Waals surface area contributed by atoms with E-state index in [1.807, 2.05) is 0 Å². The van der Waals surface area contributed by atoms with Crippen LogP contribution in [0.15, 0.2) is 18.7 Å². The number of aromatic nitrogens is 2. The van der Waals surface area contributed by atoms with Crippen LogP contribution in [0.2, 0.25) is 0 Å². The highest BCUT2D eigenvalue weighted by Gasteiger charge is 2.01. The minimum absolute atomic E-state index is 0.811. The quantitative estimate of drug-likeness (QED) is 0.394. The van der Waals surface area contributed by atoms with Gasteiger partial charge in [-0.15, -0.1) is 0 Å². The van der Waals surface area contributed by atoms with Gasteiger partial charge >= 0.3 is 0 Å². The van der Waals surface area contributed by atoms with Gasteiger partial charge in [0.2, 0.25) is 6.33 Å². The molecule has 4 heteroatoms. The molecule has 0 saturated heterocycles. The number of unbranched alkanes of at least 4 members (excludes halogenated alkanes) is 2. The first kappa shape index (κ1) is 11.6. The van der Waals surface area contributed by atoms with Crippen LogP contribution in [-0.2, 0) is 13.1 Å². The highest BCUT2D eigenvalue weighted by molar-refractivity contribution is 7.80. The van der Waals surface area contributed by atoms with Crippen molar-refractivity contribution >= 4 is 12.6 Å². The Bertz CT molecular complexity index is 247. The zero-order valence-corrected chi connectivity index (χ0v) is 9.50. The molecule has 0 spiro atoms.